The van der Waals surface area contributed by atoms with Crippen molar-refractivity contribution in [3.05, 3.63) is 118 Å². The summed E-state index contributed by atoms with van der Waals surface area (Å²) in [7, 11) is 3.23. The number of ether oxygens (including phenoxy) is 6. The summed E-state index contributed by atoms with van der Waals surface area (Å²) in [6, 6.07) is 26.6. The van der Waals surface area contributed by atoms with Gasteiger partial charge in [-0.1, -0.05) is 87.2 Å². The SMILES string of the molecule is CCCCCCCNC(=O)OC[C@H]1O[C@@H](n2ccc(NOC(c3ccccc3)(c3ccc(OC)cc3)c3ccc(OC)cc3)nc2=O)[C@H]2OC(C)(C)OC12. The summed E-state index contributed by atoms with van der Waals surface area (Å²) in [5.41, 5.74) is 3.58. The van der Waals surface area contributed by atoms with Gasteiger partial charge >= 0.3 is 11.8 Å². The Hall–Kier alpha value is -4.95. The third-order valence-corrected chi connectivity index (χ3v) is 9.64. The van der Waals surface area contributed by atoms with Crippen molar-refractivity contribution in [2.75, 3.05) is 32.9 Å². The number of unbranched alkanes of at least 4 members (excludes halogenated alkanes) is 4. The standard InChI is InChI=1S/C41H50N4O9/c1-6-7-8-9-13-25-42-39(47)50-27-33-35-36(53-40(2,3)52-35)37(51-33)45-26-24-34(43-38(45)46)44-54-41(28-14-11-10-12-15-28,29-16-20-31(48-4)21-17-29)30-18-22-32(49-5)23-19-30/h10-12,14-24,26,33,35-37H,6-9,13,25,27H2,1-5H3,(H,42,47)(H,43,44,46)/t33-,35?,36+,37-/m1/s1. The third-order valence-electron chi connectivity index (χ3n) is 9.64. The normalized spacial score (nSPS) is 20.2. The Balaban J connectivity index is 1.22. The quantitative estimate of drug-likeness (QED) is 0.0678. The summed E-state index contributed by atoms with van der Waals surface area (Å²) in [6.07, 6.45) is 3.65. The van der Waals surface area contributed by atoms with Crippen LogP contribution in [0.1, 0.15) is 75.8 Å². The molecule has 4 atom stereocenters. The molecule has 6 rings (SSSR count). The molecule has 54 heavy (non-hydrogen) atoms. The number of anilines is 1. The average molecular weight is 743 g/mol. The number of nitrogens with zero attached hydrogens (tertiary/aromatic N) is 2. The van der Waals surface area contributed by atoms with Crippen LogP contribution in [0.15, 0.2) is 95.9 Å². The number of nitrogens with one attached hydrogen (secondary N) is 2. The van der Waals surface area contributed by atoms with E-state index in [0.29, 0.717) is 18.0 Å². The van der Waals surface area contributed by atoms with E-state index in [-0.39, 0.29) is 12.4 Å². The van der Waals surface area contributed by atoms with Crippen molar-refractivity contribution in [3.63, 3.8) is 0 Å². The monoisotopic (exact) mass is 742 g/mol. The Morgan fingerprint density at radius 1 is 0.833 bits per heavy atom. The zero-order valence-corrected chi connectivity index (χ0v) is 31.5. The number of benzene rings is 3. The van der Waals surface area contributed by atoms with Gasteiger partial charge in [-0.25, -0.2) is 15.1 Å². The van der Waals surface area contributed by atoms with E-state index in [1.807, 2.05) is 78.9 Å². The van der Waals surface area contributed by atoms with E-state index in [1.165, 1.54) is 11.0 Å². The number of aromatic nitrogens is 2. The van der Waals surface area contributed by atoms with Crippen LogP contribution in [0, 0.1) is 0 Å². The molecule has 1 unspecified atom stereocenters. The molecule has 288 valence electrons. The molecule has 4 aromatic rings. The van der Waals surface area contributed by atoms with Crippen molar-refractivity contribution < 1.29 is 38.1 Å². The van der Waals surface area contributed by atoms with Gasteiger partial charge in [0.05, 0.1) is 14.2 Å². The first-order valence-corrected chi connectivity index (χ1v) is 18.5. The molecular weight excluding hydrogens is 692 g/mol. The molecule has 3 heterocycles. The molecule has 2 fully saturated rings. The molecule has 2 aliphatic rings. The predicted molar refractivity (Wildman–Crippen MR) is 201 cm³/mol. The summed E-state index contributed by atoms with van der Waals surface area (Å²) in [5.74, 6) is 0.612. The van der Waals surface area contributed by atoms with E-state index in [2.05, 4.69) is 22.7 Å². The maximum Gasteiger partial charge on any atom is 0.407 e. The summed E-state index contributed by atoms with van der Waals surface area (Å²) >= 11 is 0. The Morgan fingerprint density at radius 2 is 1.44 bits per heavy atom. The number of fused-ring (bicyclic) bond motifs is 1. The minimum Gasteiger partial charge on any atom is -0.497 e. The van der Waals surface area contributed by atoms with Crippen LogP contribution in [-0.2, 0) is 29.4 Å². The number of carbonyl (C=O) groups is 1. The van der Waals surface area contributed by atoms with Crippen LogP contribution in [0.25, 0.3) is 0 Å². The van der Waals surface area contributed by atoms with E-state index in [9.17, 15) is 9.59 Å². The molecule has 2 N–H and O–H groups in total. The van der Waals surface area contributed by atoms with Crippen molar-refractivity contribution in [1.82, 2.24) is 14.9 Å². The van der Waals surface area contributed by atoms with Crippen LogP contribution >= 0.6 is 0 Å². The number of alkyl carbamates (subject to hydrolysis) is 1. The van der Waals surface area contributed by atoms with E-state index in [0.717, 1.165) is 42.4 Å². The van der Waals surface area contributed by atoms with E-state index >= 15 is 0 Å². The lowest BCUT2D eigenvalue weighted by atomic mass is 9.80. The second kappa shape index (κ2) is 17.5. The van der Waals surface area contributed by atoms with Gasteiger partial charge in [-0.3, -0.25) is 9.40 Å². The fourth-order valence-corrected chi connectivity index (χ4v) is 6.94. The molecule has 2 saturated heterocycles. The van der Waals surface area contributed by atoms with E-state index in [4.69, 9.17) is 33.3 Å². The first-order valence-electron chi connectivity index (χ1n) is 18.5. The van der Waals surface area contributed by atoms with Gasteiger partial charge in [0.15, 0.2) is 23.4 Å². The van der Waals surface area contributed by atoms with E-state index in [1.54, 1.807) is 40.3 Å². The molecular formula is C41H50N4O9. The number of hydrogen-bond acceptors (Lipinski definition) is 11. The van der Waals surface area contributed by atoms with Crippen molar-refractivity contribution >= 4 is 11.9 Å². The number of carbonyl (C=O) groups excluding carboxylic acids is 1. The smallest absolute Gasteiger partial charge is 0.407 e. The molecule has 2 aliphatic heterocycles. The van der Waals surface area contributed by atoms with Gasteiger partial charge in [0.1, 0.15) is 36.4 Å². The fraction of sp³-hybridized carbons (Fsp3) is 0.439. The second-order valence-corrected chi connectivity index (χ2v) is 13.8. The lowest BCUT2D eigenvalue weighted by Gasteiger charge is -2.35. The minimum absolute atomic E-state index is 0.0767. The molecule has 0 radical (unpaired) electrons. The van der Waals surface area contributed by atoms with Gasteiger partial charge in [0.25, 0.3) is 0 Å². The largest absolute Gasteiger partial charge is 0.497 e. The van der Waals surface area contributed by atoms with Crippen LogP contribution in [0.3, 0.4) is 0 Å². The highest BCUT2D eigenvalue weighted by atomic mass is 16.8. The lowest BCUT2D eigenvalue weighted by molar-refractivity contribution is -0.200. The Bertz CT molecular complexity index is 1820. The fourth-order valence-electron chi connectivity index (χ4n) is 6.94. The Morgan fingerprint density at radius 3 is 2.06 bits per heavy atom. The van der Waals surface area contributed by atoms with Crippen LogP contribution in [0.4, 0.5) is 10.6 Å². The predicted octanol–water partition coefficient (Wildman–Crippen LogP) is 6.71. The second-order valence-electron chi connectivity index (χ2n) is 13.8. The van der Waals surface area contributed by atoms with Crippen molar-refractivity contribution in [2.24, 2.45) is 0 Å². The Kier molecular flexibility index (Phi) is 12.5. The van der Waals surface area contributed by atoms with Gasteiger partial charge < -0.3 is 33.7 Å². The highest BCUT2D eigenvalue weighted by Gasteiger charge is 2.56. The molecule has 3 aromatic carbocycles. The Labute approximate surface area is 315 Å². The van der Waals surface area contributed by atoms with Gasteiger partial charge in [-0.05, 0) is 67.3 Å². The van der Waals surface area contributed by atoms with Crippen LogP contribution in [0.2, 0.25) is 0 Å². The first kappa shape index (κ1) is 38.8. The topological polar surface area (TPSA) is 141 Å². The highest BCUT2D eigenvalue weighted by Crippen LogP contribution is 2.44. The summed E-state index contributed by atoms with van der Waals surface area (Å²) in [6.45, 7) is 6.21. The third kappa shape index (κ3) is 8.71. The van der Waals surface area contributed by atoms with Crippen LogP contribution in [-0.4, -0.2) is 67.1 Å². The van der Waals surface area contributed by atoms with Gasteiger partial charge in [0.2, 0.25) is 0 Å². The maximum atomic E-state index is 13.7. The lowest BCUT2D eigenvalue weighted by Crippen LogP contribution is -2.37. The van der Waals surface area contributed by atoms with Crippen molar-refractivity contribution in [1.29, 1.82) is 0 Å². The first-order chi connectivity index (χ1) is 26.2. The van der Waals surface area contributed by atoms with Crippen LogP contribution < -0.4 is 26.0 Å². The number of amides is 1. The summed E-state index contributed by atoms with van der Waals surface area (Å²) in [4.78, 5) is 37.2. The molecule has 13 nitrogen and oxygen atoms in total. The molecule has 1 aromatic heterocycles. The summed E-state index contributed by atoms with van der Waals surface area (Å²) < 4.78 is 36.4. The minimum atomic E-state index is -1.20. The number of methoxy groups -OCH3 is 2. The van der Waals surface area contributed by atoms with Gasteiger partial charge in [-0.2, -0.15) is 4.98 Å². The molecule has 0 spiro atoms. The number of hydrogen-bond donors (Lipinski definition) is 2. The molecule has 0 aliphatic carbocycles. The van der Waals surface area contributed by atoms with Crippen molar-refractivity contribution in [3.8, 4) is 11.5 Å². The summed E-state index contributed by atoms with van der Waals surface area (Å²) in [5, 5.41) is 2.80. The zero-order chi connectivity index (χ0) is 38.1. The average Bonchev–Trinajstić information content (AvgIpc) is 3.68. The van der Waals surface area contributed by atoms with Gasteiger partial charge in [0, 0.05) is 12.7 Å². The molecule has 13 heteroatoms. The highest BCUT2D eigenvalue weighted by molar-refractivity contribution is 5.67. The molecule has 0 bridgehead atoms. The van der Waals surface area contributed by atoms with Crippen LogP contribution in [0.5, 0.6) is 11.5 Å². The van der Waals surface area contributed by atoms with E-state index < -0.39 is 47.7 Å². The van der Waals surface area contributed by atoms with Gasteiger partial charge in [-0.15, -0.1) is 0 Å². The zero-order valence-electron chi connectivity index (χ0n) is 31.5. The molecule has 0 saturated carbocycles. The molecule has 1 amide bonds. The number of rotatable bonds is 17. The van der Waals surface area contributed by atoms with Crippen molar-refractivity contribution in [2.45, 2.75) is 88.8 Å². The maximum absolute atomic E-state index is 13.7.